The Labute approximate surface area is 198 Å². The topological polar surface area (TPSA) is 98.7 Å². The molecule has 4 rings (SSSR count). The lowest BCUT2D eigenvalue weighted by molar-refractivity contribution is -0.144. The third-order valence-electron chi connectivity index (χ3n) is 5.95. The summed E-state index contributed by atoms with van der Waals surface area (Å²) in [4.78, 5) is 38.4. The summed E-state index contributed by atoms with van der Waals surface area (Å²) >= 11 is 0. The van der Waals surface area contributed by atoms with E-state index in [-0.39, 0.29) is 17.9 Å². The standard InChI is InChI=1S/C27H27N3O4/c1-16(2)24(26(32)33)30-15-20-7-6-19(14-23(20)25(30)31)18-8-12-22(13-9-18)29-27(34)28-21-10-4-17(3)5-11-21/h4-14,16,24H,15H2,1-3H3,(H,32,33)(H2,28,29,34)/t24-/m0/s1. The van der Waals surface area contributed by atoms with Crippen LogP contribution in [0.3, 0.4) is 0 Å². The van der Waals surface area contributed by atoms with E-state index in [1.54, 1.807) is 26.0 Å². The van der Waals surface area contributed by atoms with E-state index in [0.29, 0.717) is 23.5 Å². The minimum absolute atomic E-state index is 0.196. The van der Waals surface area contributed by atoms with Gasteiger partial charge in [0.25, 0.3) is 5.91 Å². The number of aliphatic carboxylic acids is 1. The molecule has 0 spiro atoms. The van der Waals surface area contributed by atoms with Crippen LogP contribution in [-0.4, -0.2) is 34.0 Å². The smallest absolute Gasteiger partial charge is 0.326 e. The van der Waals surface area contributed by atoms with Crippen molar-refractivity contribution in [2.45, 2.75) is 33.4 Å². The van der Waals surface area contributed by atoms with Gasteiger partial charge in [-0.15, -0.1) is 0 Å². The SMILES string of the molecule is Cc1ccc(NC(=O)Nc2ccc(-c3ccc4c(c3)C(=O)N([C@H](C(=O)O)C(C)C)C4)cc2)cc1. The molecule has 3 N–H and O–H groups in total. The molecule has 3 aromatic carbocycles. The number of fused-ring (bicyclic) bond motifs is 1. The summed E-state index contributed by atoms with van der Waals surface area (Å²) in [6.07, 6.45) is 0. The van der Waals surface area contributed by atoms with E-state index in [4.69, 9.17) is 0 Å². The number of aryl methyl sites for hydroxylation is 1. The number of benzene rings is 3. The van der Waals surface area contributed by atoms with Gasteiger partial charge in [-0.1, -0.05) is 55.8 Å². The van der Waals surface area contributed by atoms with Gasteiger partial charge in [-0.05, 0) is 59.9 Å². The van der Waals surface area contributed by atoms with Crippen molar-refractivity contribution in [3.63, 3.8) is 0 Å². The molecule has 0 unspecified atom stereocenters. The Kier molecular flexibility index (Phi) is 6.36. The van der Waals surface area contributed by atoms with E-state index in [9.17, 15) is 19.5 Å². The van der Waals surface area contributed by atoms with Gasteiger partial charge in [-0.25, -0.2) is 9.59 Å². The first-order valence-electron chi connectivity index (χ1n) is 11.1. The fraction of sp³-hybridized carbons (Fsp3) is 0.222. The molecule has 1 atom stereocenters. The Morgan fingerprint density at radius 1 is 0.882 bits per heavy atom. The molecule has 3 aromatic rings. The summed E-state index contributed by atoms with van der Waals surface area (Å²) in [6.45, 7) is 5.88. The van der Waals surface area contributed by atoms with Gasteiger partial charge in [-0.2, -0.15) is 0 Å². The number of hydrogen-bond donors (Lipinski definition) is 3. The average Bonchev–Trinajstić information content (AvgIpc) is 3.11. The van der Waals surface area contributed by atoms with Crippen molar-refractivity contribution in [2.75, 3.05) is 10.6 Å². The van der Waals surface area contributed by atoms with Crippen LogP contribution in [0.15, 0.2) is 66.7 Å². The largest absolute Gasteiger partial charge is 0.480 e. The van der Waals surface area contributed by atoms with Crippen LogP contribution in [0.25, 0.3) is 11.1 Å². The van der Waals surface area contributed by atoms with Crippen LogP contribution in [0, 0.1) is 12.8 Å². The fourth-order valence-corrected chi connectivity index (χ4v) is 4.18. The molecule has 7 nitrogen and oxygen atoms in total. The molecular weight excluding hydrogens is 430 g/mol. The van der Waals surface area contributed by atoms with E-state index >= 15 is 0 Å². The number of urea groups is 1. The van der Waals surface area contributed by atoms with E-state index in [0.717, 1.165) is 22.3 Å². The predicted octanol–water partition coefficient (Wildman–Crippen LogP) is 5.37. The Morgan fingerprint density at radius 3 is 2.00 bits per heavy atom. The molecule has 0 saturated carbocycles. The summed E-state index contributed by atoms with van der Waals surface area (Å²) in [5, 5.41) is 15.2. The van der Waals surface area contributed by atoms with Gasteiger partial charge in [0.15, 0.2) is 0 Å². The molecule has 0 saturated heterocycles. The number of carbonyl (C=O) groups is 3. The van der Waals surface area contributed by atoms with Gasteiger partial charge in [0.2, 0.25) is 0 Å². The highest BCUT2D eigenvalue weighted by Gasteiger charge is 2.38. The third kappa shape index (κ3) is 4.78. The van der Waals surface area contributed by atoms with Gasteiger partial charge in [0, 0.05) is 23.5 Å². The highest BCUT2D eigenvalue weighted by atomic mass is 16.4. The summed E-state index contributed by atoms with van der Waals surface area (Å²) in [5.74, 6) is -1.45. The molecule has 1 aliphatic heterocycles. The maximum Gasteiger partial charge on any atom is 0.326 e. The summed E-state index contributed by atoms with van der Waals surface area (Å²) < 4.78 is 0. The molecule has 3 amide bonds. The van der Waals surface area contributed by atoms with E-state index < -0.39 is 12.0 Å². The molecular formula is C27H27N3O4. The van der Waals surface area contributed by atoms with Crippen LogP contribution in [-0.2, 0) is 11.3 Å². The number of carboxylic acid groups (broad SMARTS) is 1. The Balaban J connectivity index is 1.46. The molecule has 0 fully saturated rings. The number of carbonyl (C=O) groups excluding carboxylic acids is 2. The molecule has 0 radical (unpaired) electrons. The zero-order chi connectivity index (χ0) is 24.4. The number of anilines is 2. The normalized spacial score (nSPS) is 13.5. The molecule has 0 aliphatic carbocycles. The molecule has 1 heterocycles. The number of carboxylic acids is 1. The Bertz CT molecular complexity index is 1230. The van der Waals surface area contributed by atoms with Crippen molar-refractivity contribution in [1.82, 2.24) is 4.90 Å². The quantitative estimate of drug-likeness (QED) is 0.463. The Hall–Kier alpha value is -4.13. The number of amides is 3. The van der Waals surface area contributed by atoms with E-state index in [1.807, 2.05) is 61.5 Å². The zero-order valence-corrected chi connectivity index (χ0v) is 19.3. The van der Waals surface area contributed by atoms with Crippen LogP contribution in [0.4, 0.5) is 16.2 Å². The lowest BCUT2D eigenvalue weighted by Crippen LogP contribution is -2.44. The molecule has 7 heteroatoms. The van der Waals surface area contributed by atoms with Crippen LogP contribution in [0.2, 0.25) is 0 Å². The molecule has 0 bridgehead atoms. The van der Waals surface area contributed by atoms with E-state index in [2.05, 4.69) is 10.6 Å². The maximum absolute atomic E-state index is 13.0. The third-order valence-corrected chi connectivity index (χ3v) is 5.95. The molecule has 0 aromatic heterocycles. The van der Waals surface area contributed by atoms with Crippen LogP contribution >= 0.6 is 0 Å². The first kappa shape index (κ1) is 23.0. The van der Waals surface area contributed by atoms with Gasteiger partial charge in [0.1, 0.15) is 6.04 Å². The first-order chi connectivity index (χ1) is 16.2. The van der Waals surface area contributed by atoms with Gasteiger partial charge >= 0.3 is 12.0 Å². The highest BCUT2D eigenvalue weighted by molar-refractivity contribution is 6.02. The van der Waals surface area contributed by atoms with Gasteiger partial charge in [-0.3, -0.25) is 4.79 Å². The van der Waals surface area contributed by atoms with Crippen LogP contribution in [0.1, 0.15) is 35.3 Å². The fourth-order valence-electron chi connectivity index (χ4n) is 4.18. The number of nitrogens with one attached hydrogen (secondary N) is 2. The van der Waals surface area contributed by atoms with E-state index in [1.165, 1.54) is 4.90 Å². The van der Waals surface area contributed by atoms with Crippen LogP contribution < -0.4 is 10.6 Å². The van der Waals surface area contributed by atoms with Crippen molar-refractivity contribution in [3.05, 3.63) is 83.4 Å². The van der Waals surface area contributed by atoms with Gasteiger partial charge < -0.3 is 20.6 Å². The van der Waals surface area contributed by atoms with Crippen molar-refractivity contribution < 1.29 is 19.5 Å². The zero-order valence-electron chi connectivity index (χ0n) is 19.3. The number of nitrogens with zero attached hydrogens (tertiary/aromatic N) is 1. The predicted molar refractivity (Wildman–Crippen MR) is 132 cm³/mol. The second-order valence-corrected chi connectivity index (χ2v) is 8.85. The maximum atomic E-state index is 13.0. The first-order valence-corrected chi connectivity index (χ1v) is 11.1. The van der Waals surface area contributed by atoms with Crippen molar-refractivity contribution >= 4 is 29.3 Å². The molecule has 1 aliphatic rings. The minimum Gasteiger partial charge on any atom is -0.480 e. The summed E-state index contributed by atoms with van der Waals surface area (Å²) in [6, 6.07) is 19.3. The lowest BCUT2D eigenvalue weighted by atomic mass is 10.00. The average molecular weight is 458 g/mol. The number of hydrogen-bond acceptors (Lipinski definition) is 3. The summed E-state index contributed by atoms with van der Waals surface area (Å²) in [7, 11) is 0. The Morgan fingerprint density at radius 2 is 1.44 bits per heavy atom. The summed E-state index contributed by atoms with van der Waals surface area (Å²) in [5.41, 5.74) is 5.55. The second kappa shape index (κ2) is 9.39. The molecule has 174 valence electrons. The van der Waals surface area contributed by atoms with Crippen molar-refractivity contribution in [2.24, 2.45) is 5.92 Å². The lowest BCUT2D eigenvalue weighted by Gasteiger charge is -2.27. The highest BCUT2D eigenvalue weighted by Crippen LogP contribution is 2.31. The van der Waals surface area contributed by atoms with Crippen molar-refractivity contribution in [3.8, 4) is 11.1 Å². The monoisotopic (exact) mass is 457 g/mol. The second-order valence-electron chi connectivity index (χ2n) is 8.85. The van der Waals surface area contributed by atoms with Gasteiger partial charge in [0.05, 0.1) is 0 Å². The minimum atomic E-state index is -0.995. The van der Waals surface area contributed by atoms with Crippen molar-refractivity contribution in [1.29, 1.82) is 0 Å². The van der Waals surface area contributed by atoms with Crippen LogP contribution in [0.5, 0.6) is 0 Å². The number of rotatable bonds is 6. The molecule has 34 heavy (non-hydrogen) atoms.